The van der Waals surface area contributed by atoms with E-state index in [0.717, 1.165) is 12.8 Å². The van der Waals surface area contributed by atoms with E-state index < -0.39 is 0 Å². The van der Waals surface area contributed by atoms with Crippen molar-refractivity contribution in [3.05, 3.63) is 160 Å². The van der Waals surface area contributed by atoms with Crippen molar-refractivity contribution in [1.29, 1.82) is 0 Å². The molecule has 0 bridgehead atoms. The molecule has 5 aromatic carbocycles. The molecule has 5 aromatic rings. The van der Waals surface area contributed by atoms with Crippen LogP contribution in [0.5, 0.6) is 0 Å². The Morgan fingerprint density at radius 2 is 0.951 bits per heavy atom. The second-order valence-corrected chi connectivity index (χ2v) is 11.5. The standard InChI is InChI=1S/C40H37N/c1-3-13-33(14-4-1)38(34-15-5-2-6-16-34)29-30-25-27-35(28-26-30)41(39-23-11-19-31-17-7-9-21-36(31)39)40-24-12-20-32-18-8-10-22-37(32)40/h1-6,11-16,19-20,23-29H,7-10,17-18,21-22H2. The van der Waals surface area contributed by atoms with Gasteiger partial charge in [0.2, 0.25) is 0 Å². The summed E-state index contributed by atoms with van der Waals surface area (Å²) in [7, 11) is 0. The Morgan fingerprint density at radius 1 is 0.463 bits per heavy atom. The zero-order valence-corrected chi connectivity index (χ0v) is 23.7. The molecule has 0 aliphatic heterocycles. The molecule has 0 fully saturated rings. The first kappa shape index (κ1) is 25.6. The van der Waals surface area contributed by atoms with Crippen LogP contribution in [0, 0.1) is 0 Å². The Hall–Kier alpha value is -4.36. The van der Waals surface area contributed by atoms with Crippen LogP contribution in [0.3, 0.4) is 0 Å². The van der Waals surface area contributed by atoms with E-state index >= 15 is 0 Å². The molecule has 0 saturated carbocycles. The van der Waals surface area contributed by atoms with Crippen molar-refractivity contribution in [2.45, 2.75) is 51.4 Å². The van der Waals surface area contributed by atoms with Crippen LogP contribution >= 0.6 is 0 Å². The van der Waals surface area contributed by atoms with Gasteiger partial charge in [-0.3, -0.25) is 0 Å². The molecular weight excluding hydrogens is 494 g/mol. The summed E-state index contributed by atoms with van der Waals surface area (Å²) in [6, 6.07) is 44.6. The highest BCUT2D eigenvalue weighted by Crippen LogP contribution is 2.43. The monoisotopic (exact) mass is 531 g/mol. The summed E-state index contributed by atoms with van der Waals surface area (Å²) >= 11 is 0. The van der Waals surface area contributed by atoms with Crippen molar-refractivity contribution in [3.63, 3.8) is 0 Å². The first-order valence-corrected chi connectivity index (χ1v) is 15.3. The molecular formula is C40H37N. The van der Waals surface area contributed by atoms with Crippen molar-refractivity contribution >= 4 is 28.7 Å². The van der Waals surface area contributed by atoms with E-state index in [9.17, 15) is 0 Å². The lowest BCUT2D eigenvalue weighted by Crippen LogP contribution is -2.18. The fourth-order valence-electron chi connectivity index (χ4n) is 6.80. The van der Waals surface area contributed by atoms with Crippen LogP contribution in [0.2, 0.25) is 0 Å². The largest absolute Gasteiger partial charge is 0.310 e. The lowest BCUT2D eigenvalue weighted by Gasteiger charge is -2.33. The lowest BCUT2D eigenvalue weighted by molar-refractivity contribution is 0.682. The minimum atomic E-state index is 1.16. The third-order valence-corrected chi connectivity index (χ3v) is 8.86. The van der Waals surface area contributed by atoms with Crippen LogP contribution in [0.15, 0.2) is 121 Å². The average Bonchev–Trinajstić information content (AvgIpc) is 3.05. The quantitative estimate of drug-likeness (QED) is 0.197. The fourth-order valence-corrected chi connectivity index (χ4v) is 6.80. The molecule has 7 rings (SSSR count). The summed E-state index contributed by atoms with van der Waals surface area (Å²) in [6.45, 7) is 0. The van der Waals surface area contributed by atoms with Crippen molar-refractivity contribution in [2.75, 3.05) is 4.90 Å². The van der Waals surface area contributed by atoms with Gasteiger partial charge in [0.1, 0.15) is 0 Å². The van der Waals surface area contributed by atoms with Crippen LogP contribution in [-0.4, -0.2) is 0 Å². The minimum absolute atomic E-state index is 1.16. The maximum absolute atomic E-state index is 2.57. The molecule has 0 heterocycles. The van der Waals surface area contributed by atoms with E-state index in [1.54, 1.807) is 0 Å². The number of nitrogens with zero attached hydrogens (tertiary/aromatic N) is 1. The van der Waals surface area contributed by atoms with Gasteiger partial charge >= 0.3 is 0 Å². The van der Waals surface area contributed by atoms with E-state index in [0.29, 0.717) is 0 Å². The van der Waals surface area contributed by atoms with E-state index in [1.807, 2.05) is 0 Å². The molecule has 0 aromatic heterocycles. The van der Waals surface area contributed by atoms with E-state index in [4.69, 9.17) is 0 Å². The molecule has 1 nitrogen and oxygen atoms in total. The van der Waals surface area contributed by atoms with Gasteiger partial charge in [-0.1, -0.05) is 97.1 Å². The highest BCUT2D eigenvalue weighted by atomic mass is 15.1. The predicted octanol–water partition coefficient (Wildman–Crippen LogP) is 10.5. The zero-order chi connectivity index (χ0) is 27.4. The number of benzene rings is 5. The van der Waals surface area contributed by atoms with Crippen molar-refractivity contribution < 1.29 is 0 Å². The summed E-state index contributed by atoms with van der Waals surface area (Å²) in [5.41, 5.74) is 15.0. The minimum Gasteiger partial charge on any atom is -0.310 e. The molecule has 0 spiro atoms. The highest BCUT2D eigenvalue weighted by molar-refractivity contribution is 5.92. The number of anilines is 3. The van der Waals surface area contributed by atoms with Crippen LogP contribution < -0.4 is 4.90 Å². The van der Waals surface area contributed by atoms with Gasteiger partial charge in [0.15, 0.2) is 0 Å². The van der Waals surface area contributed by atoms with Gasteiger partial charge in [-0.2, -0.15) is 0 Å². The molecule has 0 radical (unpaired) electrons. The molecule has 2 aliphatic carbocycles. The van der Waals surface area contributed by atoms with E-state index in [-0.39, 0.29) is 0 Å². The molecule has 0 amide bonds. The molecule has 0 saturated heterocycles. The second kappa shape index (κ2) is 11.6. The van der Waals surface area contributed by atoms with E-state index in [2.05, 4.69) is 132 Å². The van der Waals surface area contributed by atoms with Gasteiger partial charge in [0.05, 0.1) is 0 Å². The maximum Gasteiger partial charge on any atom is 0.0496 e. The number of rotatable bonds is 6. The van der Waals surface area contributed by atoms with Crippen LogP contribution in [0.4, 0.5) is 17.1 Å². The number of hydrogen-bond acceptors (Lipinski definition) is 1. The van der Waals surface area contributed by atoms with Crippen LogP contribution in [0.1, 0.15) is 64.6 Å². The van der Waals surface area contributed by atoms with Crippen molar-refractivity contribution in [2.24, 2.45) is 0 Å². The first-order valence-electron chi connectivity index (χ1n) is 15.3. The Bertz CT molecular complexity index is 1560. The Morgan fingerprint density at radius 3 is 1.46 bits per heavy atom. The second-order valence-electron chi connectivity index (χ2n) is 11.5. The molecule has 202 valence electrons. The SMILES string of the molecule is C(=C(c1ccccc1)c1ccccc1)c1ccc(N(c2cccc3c2CCCC3)c2cccc3c2CCCC3)cc1. The first-order chi connectivity index (χ1) is 20.3. The van der Waals surface area contributed by atoms with Crippen LogP contribution in [0.25, 0.3) is 11.6 Å². The maximum atomic E-state index is 2.57. The van der Waals surface area contributed by atoms with E-state index in [1.165, 1.54) is 100 Å². The van der Waals surface area contributed by atoms with Gasteiger partial charge in [0.25, 0.3) is 0 Å². The predicted molar refractivity (Wildman–Crippen MR) is 174 cm³/mol. The molecule has 41 heavy (non-hydrogen) atoms. The normalized spacial score (nSPS) is 14.0. The average molecular weight is 532 g/mol. The molecule has 0 atom stereocenters. The fraction of sp³-hybridized carbons (Fsp3) is 0.200. The third kappa shape index (κ3) is 5.25. The summed E-state index contributed by atoms with van der Waals surface area (Å²) in [5.74, 6) is 0. The summed E-state index contributed by atoms with van der Waals surface area (Å²) in [4.78, 5) is 2.57. The topological polar surface area (TPSA) is 3.24 Å². The summed E-state index contributed by atoms with van der Waals surface area (Å²) < 4.78 is 0. The molecule has 0 N–H and O–H groups in total. The van der Waals surface area contributed by atoms with Crippen LogP contribution in [-0.2, 0) is 25.7 Å². The number of hydrogen-bond donors (Lipinski definition) is 0. The van der Waals surface area contributed by atoms with Gasteiger partial charge in [0, 0.05) is 17.1 Å². The molecule has 1 heteroatoms. The molecule has 0 unspecified atom stereocenters. The Labute approximate surface area is 244 Å². The van der Waals surface area contributed by atoms with Crippen molar-refractivity contribution in [1.82, 2.24) is 0 Å². The van der Waals surface area contributed by atoms with Gasteiger partial charge in [-0.15, -0.1) is 0 Å². The number of aryl methyl sites for hydroxylation is 2. The van der Waals surface area contributed by atoms with Gasteiger partial charge < -0.3 is 4.90 Å². The smallest absolute Gasteiger partial charge is 0.0496 e. The van der Waals surface area contributed by atoms with Gasteiger partial charge in [-0.25, -0.2) is 0 Å². The lowest BCUT2D eigenvalue weighted by atomic mass is 9.88. The van der Waals surface area contributed by atoms with Crippen molar-refractivity contribution in [3.8, 4) is 0 Å². The summed E-state index contributed by atoms with van der Waals surface area (Å²) in [5, 5.41) is 0. The Balaban J connectivity index is 1.34. The third-order valence-electron chi connectivity index (χ3n) is 8.86. The molecule has 2 aliphatic rings. The van der Waals surface area contributed by atoms with Gasteiger partial charge in [-0.05, 0) is 126 Å². The Kier molecular flexibility index (Phi) is 7.26. The zero-order valence-electron chi connectivity index (χ0n) is 23.7. The highest BCUT2D eigenvalue weighted by Gasteiger charge is 2.24. The number of fused-ring (bicyclic) bond motifs is 2. The summed E-state index contributed by atoms with van der Waals surface area (Å²) in [6.07, 6.45) is 12.2.